The quantitative estimate of drug-likeness (QED) is 0.338. The van der Waals surface area contributed by atoms with Crippen LogP contribution in [-0.4, -0.2) is 45.0 Å². The van der Waals surface area contributed by atoms with Gasteiger partial charge in [0, 0.05) is 18.0 Å². The third-order valence-electron chi connectivity index (χ3n) is 6.21. The lowest BCUT2D eigenvalue weighted by Crippen LogP contribution is -2.44. The van der Waals surface area contributed by atoms with Crippen LogP contribution in [0.4, 0.5) is 0 Å². The summed E-state index contributed by atoms with van der Waals surface area (Å²) >= 11 is 1.45. The van der Waals surface area contributed by atoms with E-state index in [0.717, 1.165) is 22.4 Å². The Bertz CT molecular complexity index is 1380. The van der Waals surface area contributed by atoms with Crippen molar-refractivity contribution in [3.63, 3.8) is 0 Å². The molecule has 3 heterocycles. The van der Waals surface area contributed by atoms with Crippen LogP contribution in [0.25, 0.3) is 11.0 Å². The molecule has 0 fully saturated rings. The van der Waals surface area contributed by atoms with Gasteiger partial charge in [-0.25, -0.2) is 4.68 Å². The van der Waals surface area contributed by atoms with Gasteiger partial charge < -0.3 is 19.7 Å². The van der Waals surface area contributed by atoms with Crippen molar-refractivity contribution in [3.05, 3.63) is 70.4 Å². The number of para-hydroxylation sites is 1. The Morgan fingerprint density at radius 3 is 2.76 bits per heavy atom. The van der Waals surface area contributed by atoms with E-state index in [1.54, 1.807) is 9.58 Å². The minimum atomic E-state index is -0.792. The van der Waals surface area contributed by atoms with Crippen LogP contribution in [0.5, 0.6) is 11.5 Å². The van der Waals surface area contributed by atoms with Crippen molar-refractivity contribution in [1.29, 1.82) is 0 Å². The molecule has 5 rings (SSSR count). The van der Waals surface area contributed by atoms with Crippen LogP contribution < -0.4 is 14.8 Å². The summed E-state index contributed by atoms with van der Waals surface area (Å²) in [7, 11) is 0. The number of rotatable bonds is 10. The third kappa shape index (κ3) is 5.59. The number of carbonyl (C=O) groups excluding carboxylic acids is 2. The number of hydrogen-bond donors (Lipinski definition) is 1. The molecule has 1 N–H and O–H groups in total. The number of hydrogen-bond acceptors (Lipinski definition) is 7. The van der Waals surface area contributed by atoms with E-state index in [2.05, 4.69) is 29.5 Å². The first-order valence-corrected chi connectivity index (χ1v) is 13.1. The zero-order valence-corrected chi connectivity index (χ0v) is 21.6. The largest absolute Gasteiger partial charge is 0.454 e. The molecule has 192 valence electrons. The fourth-order valence-electron chi connectivity index (χ4n) is 4.26. The predicted octanol–water partition coefficient (Wildman–Crippen LogP) is 4.15. The lowest BCUT2D eigenvalue weighted by Gasteiger charge is -2.31. The van der Waals surface area contributed by atoms with Gasteiger partial charge >= 0.3 is 0 Å². The summed E-state index contributed by atoms with van der Waals surface area (Å²) in [4.78, 5) is 29.9. The summed E-state index contributed by atoms with van der Waals surface area (Å²) in [6.07, 6.45) is 0.851. The molecule has 0 spiro atoms. The Morgan fingerprint density at radius 1 is 1.11 bits per heavy atom. The van der Waals surface area contributed by atoms with Crippen LogP contribution in [0.3, 0.4) is 0 Å². The minimum absolute atomic E-state index is 0.0494. The highest BCUT2D eigenvalue weighted by Gasteiger charge is 2.33. The second-order valence-corrected chi connectivity index (χ2v) is 10.3. The topological polar surface area (TPSA) is 98.6 Å². The van der Waals surface area contributed by atoms with Crippen molar-refractivity contribution in [2.45, 2.75) is 39.4 Å². The van der Waals surface area contributed by atoms with Crippen molar-refractivity contribution < 1.29 is 19.1 Å². The van der Waals surface area contributed by atoms with Crippen LogP contribution >= 0.6 is 11.3 Å². The molecule has 2 amide bonds. The number of nitrogens with zero attached hydrogens (tertiary/aromatic N) is 4. The molecule has 37 heavy (non-hydrogen) atoms. The molecule has 4 aromatic rings. The van der Waals surface area contributed by atoms with Gasteiger partial charge in [-0.2, -0.15) is 0 Å². The van der Waals surface area contributed by atoms with E-state index in [1.165, 1.54) is 11.3 Å². The fraction of sp³-hybridized carbons (Fsp3) is 0.333. The molecular weight excluding hydrogens is 490 g/mol. The van der Waals surface area contributed by atoms with Gasteiger partial charge in [0.25, 0.3) is 0 Å². The second-order valence-electron chi connectivity index (χ2n) is 9.34. The number of amides is 2. The monoisotopic (exact) mass is 519 g/mol. The van der Waals surface area contributed by atoms with E-state index in [0.29, 0.717) is 29.5 Å². The number of nitrogens with one attached hydrogen (secondary N) is 1. The van der Waals surface area contributed by atoms with Gasteiger partial charge in [-0.05, 0) is 53.6 Å². The van der Waals surface area contributed by atoms with E-state index in [4.69, 9.17) is 9.47 Å². The summed E-state index contributed by atoms with van der Waals surface area (Å²) in [5, 5.41) is 13.3. The van der Waals surface area contributed by atoms with Crippen molar-refractivity contribution in [2.24, 2.45) is 5.92 Å². The fourth-order valence-corrected chi connectivity index (χ4v) is 5.10. The molecule has 10 heteroatoms. The first-order valence-electron chi connectivity index (χ1n) is 12.3. The highest BCUT2D eigenvalue weighted by molar-refractivity contribution is 7.10. The first kappa shape index (κ1) is 24.8. The summed E-state index contributed by atoms with van der Waals surface area (Å²) in [5.41, 5.74) is 2.30. The smallest absolute Gasteiger partial charge is 0.248 e. The van der Waals surface area contributed by atoms with Crippen molar-refractivity contribution in [3.8, 4) is 11.5 Å². The molecule has 0 unspecified atom stereocenters. The maximum Gasteiger partial charge on any atom is 0.248 e. The normalized spacial score (nSPS) is 13.2. The summed E-state index contributed by atoms with van der Waals surface area (Å²) in [5.74, 6) is 1.29. The molecule has 0 saturated carbocycles. The summed E-state index contributed by atoms with van der Waals surface area (Å²) in [6.45, 7) is 5.09. The molecule has 1 atom stereocenters. The van der Waals surface area contributed by atoms with E-state index in [-0.39, 0.29) is 31.7 Å². The zero-order chi connectivity index (χ0) is 25.8. The van der Waals surface area contributed by atoms with Gasteiger partial charge in [0.15, 0.2) is 11.5 Å². The van der Waals surface area contributed by atoms with Gasteiger partial charge in [-0.3, -0.25) is 9.59 Å². The Labute approximate surface area is 219 Å². The molecule has 2 aromatic heterocycles. The number of fused-ring (bicyclic) bond motifs is 2. The Hall–Kier alpha value is -3.92. The van der Waals surface area contributed by atoms with Gasteiger partial charge in [0.2, 0.25) is 18.6 Å². The Morgan fingerprint density at radius 2 is 1.95 bits per heavy atom. The molecular formula is C27H29N5O4S. The van der Waals surface area contributed by atoms with Crippen LogP contribution in [0.15, 0.2) is 60.0 Å². The van der Waals surface area contributed by atoms with Gasteiger partial charge in [0.05, 0.1) is 5.52 Å². The lowest BCUT2D eigenvalue weighted by molar-refractivity contribution is -0.142. The van der Waals surface area contributed by atoms with Crippen molar-refractivity contribution in [2.75, 3.05) is 13.3 Å². The summed E-state index contributed by atoms with van der Waals surface area (Å²) in [6, 6.07) is 16.1. The predicted molar refractivity (Wildman–Crippen MR) is 140 cm³/mol. The molecule has 0 aliphatic carbocycles. The van der Waals surface area contributed by atoms with Crippen molar-refractivity contribution >= 4 is 34.2 Å². The third-order valence-corrected chi connectivity index (χ3v) is 7.13. The van der Waals surface area contributed by atoms with E-state index in [9.17, 15) is 9.59 Å². The Balaban J connectivity index is 1.48. The van der Waals surface area contributed by atoms with Crippen molar-refractivity contribution in [1.82, 2.24) is 25.2 Å². The minimum Gasteiger partial charge on any atom is -0.454 e. The zero-order valence-electron chi connectivity index (χ0n) is 20.8. The molecule has 1 aliphatic rings. The molecule has 1 aliphatic heterocycles. The first-order chi connectivity index (χ1) is 18.0. The van der Waals surface area contributed by atoms with Gasteiger partial charge in [-0.15, -0.1) is 16.4 Å². The molecule has 0 radical (unpaired) electrons. The molecule has 0 saturated heterocycles. The number of ether oxygens (including phenoxy) is 2. The second kappa shape index (κ2) is 11.0. The van der Waals surface area contributed by atoms with E-state index >= 15 is 0 Å². The highest BCUT2D eigenvalue weighted by atomic mass is 32.1. The standard InChI is InChI=1S/C27H29N5O4S/c1-18(2)11-12-28-27(34)26(24-8-5-13-37-24)31(15-19-9-10-22-23(14-19)36-17-35-22)25(33)16-32-21-7-4-3-6-20(21)29-30-32/h3-10,13-14,18,26H,11-12,15-17H2,1-2H3,(H,28,34)/t26-/m0/s1. The lowest BCUT2D eigenvalue weighted by atomic mass is 10.1. The maximum absolute atomic E-state index is 13.9. The van der Waals surface area contributed by atoms with Crippen LogP contribution in [0, 0.1) is 5.92 Å². The highest BCUT2D eigenvalue weighted by Crippen LogP contribution is 2.34. The average Bonchev–Trinajstić information content (AvgIpc) is 3.65. The number of thiophene rings is 1. The van der Waals surface area contributed by atoms with Crippen LogP contribution in [0.2, 0.25) is 0 Å². The molecule has 0 bridgehead atoms. The summed E-state index contributed by atoms with van der Waals surface area (Å²) < 4.78 is 12.6. The number of benzene rings is 2. The van der Waals surface area contributed by atoms with Crippen LogP contribution in [0.1, 0.15) is 36.8 Å². The van der Waals surface area contributed by atoms with Gasteiger partial charge in [-0.1, -0.05) is 43.3 Å². The maximum atomic E-state index is 13.9. The SMILES string of the molecule is CC(C)CCNC(=O)[C@H](c1cccs1)N(Cc1ccc2c(c1)OCO2)C(=O)Cn1nnc2ccccc21. The van der Waals surface area contributed by atoms with Crippen LogP contribution in [-0.2, 0) is 22.7 Å². The molecule has 9 nitrogen and oxygen atoms in total. The van der Waals surface area contributed by atoms with E-state index in [1.807, 2.05) is 60.0 Å². The number of aromatic nitrogens is 3. The van der Waals surface area contributed by atoms with Gasteiger partial charge in [0.1, 0.15) is 18.1 Å². The molecule has 2 aromatic carbocycles. The Kier molecular flexibility index (Phi) is 7.36. The van der Waals surface area contributed by atoms with E-state index < -0.39 is 6.04 Å². The number of carbonyl (C=O) groups is 2. The average molecular weight is 520 g/mol.